The summed E-state index contributed by atoms with van der Waals surface area (Å²) in [6, 6.07) is 81.7. The number of rotatable bonds is 8. The van der Waals surface area contributed by atoms with Crippen LogP contribution in [0.5, 0.6) is 0 Å². The van der Waals surface area contributed by atoms with E-state index in [-0.39, 0.29) is 30.2 Å². The standard InChI is InChI=1S/2C37H33.C2H6Si.2ClH.Zr/c2*1-2-4-12-26(11-3-1)23-27-24-36-34(32-19-9-15-28-13-5-7-17-30(28)32)21-22-35(37(36)25-27)33-20-10-16-29-14-6-8-18-31(29)33;1-3-2;;;/h2*5-10,13-22,24-26H,1-4,11-12,23H2;1-2H3;2*1H;/q2*-1;;;;+2/p-2. The predicted molar refractivity (Wildman–Crippen MR) is 338 cm³/mol. The third-order valence-corrected chi connectivity index (χ3v) is 17.2. The van der Waals surface area contributed by atoms with Crippen LogP contribution in [0.3, 0.4) is 0 Å². The van der Waals surface area contributed by atoms with Crippen LogP contribution in [0.1, 0.15) is 88.2 Å². The van der Waals surface area contributed by atoms with Crippen LogP contribution in [0, 0.1) is 11.8 Å². The molecule has 12 aromatic rings. The monoisotopic (exact) mass is 1170 g/mol. The fourth-order valence-corrected chi connectivity index (χ4v) is 13.5. The predicted octanol–water partition coefficient (Wildman–Crippen LogP) is 16.2. The first-order valence-corrected chi connectivity index (χ1v) is 35.5. The van der Waals surface area contributed by atoms with Gasteiger partial charge in [0.05, 0.1) is 0 Å². The van der Waals surface area contributed by atoms with Gasteiger partial charge >= 0.3 is 41.9 Å². The summed E-state index contributed by atoms with van der Waals surface area (Å²) in [7, 11) is 0. The Balaban J connectivity index is 0.000000165. The van der Waals surface area contributed by atoms with Crippen molar-refractivity contribution in [2.45, 2.75) is 103 Å². The molecule has 0 saturated heterocycles. The van der Waals surface area contributed by atoms with Crippen molar-refractivity contribution in [3.63, 3.8) is 0 Å². The molecule has 2 saturated carbocycles. The van der Waals surface area contributed by atoms with Gasteiger partial charge in [-0.1, -0.05) is 305 Å². The summed E-state index contributed by atoms with van der Waals surface area (Å²) in [6.45, 7) is 4.62. The first kappa shape index (κ1) is 57.4. The third-order valence-electron chi connectivity index (χ3n) is 17.2. The molecule has 2 aliphatic rings. The van der Waals surface area contributed by atoms with Crippen molar-refractivity contribution in [3.05, 3.63) is 230 Å². The zero-order valence-electron chi connectivity index (χ0n) is 46.6. The topological polar surface area (TPSA) is 0 Å². The Labute approximate surface area is 503 Å². The second kappa shape index (κ2) is 26.8. The minimum Gasteiger partial charge on any atom is -1.00 e. The average Bonchev–Trinajstić information content (AvgIpc) is 3.88. The fourth-order valence-electron chi connectivity index (χ4n) is 13.5. The molecule has 0 N–H and O–H groups in total. The minimum absolute atomic E-state index is 0. The number of hydrogen-bond acceptors (Lipinski definition) is 0. The van der Waals surface area contributed by atoms with E-state index in [9.17, 15) is 0 Å². The quantitative estimate of drug-likeness (QED) is 0.0808. The van der Waals surface area contributed by atoms with E-state index in [2.05, 4.69) is 231 Å². The molecule has 2 aliphatic carbocycles. The number of hydrogen-bond donors (Lipinski definition) is 0. The number of benzene rings is 10. The maximum Gasteiger partial charge on any atom is -0.0114 e. The second-order valence-electron chi connectivity index (χ2n) is 22.9. The van der Waals surface area contributed by atoms with Crippen molar-refractivity contribution in [1.29, 1.82) is 0 Å². The van der Waals surface area contributed by atoms with E-state index in [0.29, 0.717) is 0 Å². The molecule has 0 radical (unpaired) electrons. The summed E-state index contributed by atoms with van der Waals surface area (Å²) in [6.07, 6.45) is 19.2. The molecule has 0 unspecified atom stereocenters. The zero-order chi connectivity index (χ0) is 52.8. The molecule has 0 aromatic heterocycles. The van der Waals surface area contributed by atoms with E-state index in [0.717, 1.165) is 11.8 Å². The zero-order valence-corrected chi connectivity index (χ0v) is 51.6. The molecule has 4 heteroatoms. The van der Waals surface area contributed by atoms with Gasteiger partial charge in [0.2, 0.25) is 0 Å². The fraction of sp³-hybridized carbons (Fsp3) is 0.237. The molecule has 0 nitrogen and oxygen atoms in total. The molecule has 0 atom stereocenters. The summed E-state index contributed by atoms with van der Waals surface area (Å²) in [4.78, 5) is 0. The van der Waals surface area contributed by atoms with E-state index in [1.54, 1.807) is 23.3 Å². The third kappa shape index (κ3) is 12.6. The Morgan fingerprint density at radius 1 is 0.325 bits per heavy atom. The number of fused-ring (bicyclic) bond motifs is 6. The largest absolute Gasteiger partial charge is 1.00 e. The summed E-state index contributed by atoms with van der Waals surface area (Å²) < 4.78 is 0. The summed E-state index contributed by atoms with van der Waals surface area (Å²) in [5, 5.41) is 16.1. The van der Waals surface area contributed by atoms with Crippen molar-refractivity contribution in [3.8, 4) is 44.5 Å². The van der Waals surface area contributed by atoms with E-state index >= 15 is 0 Å². The Bertz CT molecular complexity index is 3550. The average molecular weight is 1180 g/mol. The molecule has 400 valence electrons. The van der Waals surface area contributed by atoms with Gasteiger partial charge in [0.15, 0.2) is 0 Å². The first-order valence-electron chi connectivity index (χ1n) is 29.3. The van der Waals surface area contributed by atoms with Crippen molar-refractivity contribution in [1.82, 2.24) is 0 Å². The normalized spacial score (nSPS) is 14.2. The maximum absolute atomic E-state index is 2.52. The minimum atomic E-state index is 0. The Hall–Kier alpha value is -5.86. The smallest absolute Gasteiger partial charge is 0.0114 e. The molecule has 0 amide bonds. The van der Waals surface area contributed by atoms with Gasteiger partial charge in [0.25, 0.3) is 0 Å². The van der Waals surface area contributed by atoms with E-state index in [1.807, 2.05) is 0 Å². The molecule has 0 bridgehead atoms. The molecule has 0 spiro atoms. The van der Waals surface area contributed by atoms with E-state index in [4.69, 9.17) is 0 Å². The van der Waals surface area contributed by atoms with Gasteiger partial charge < -0.3 is 24.8 Å². The van der Waals surface area contributed by atoms with Gasteiger partial charge in [-0.25, -0.2) is 0 Å². The first-order chi connectivity index (χ1) is 38.4. The molecule has 12 aromatic carbocycles. The Morgan fingerprint density at radius 2 is 0.575 bits per heavy atom. The van der Waals surface area contributed by atoms with Gasteiger partial charge in [-0.3, -0.25) is 0 Å². The van der Waals surface area contributed by atoms with Gasteiger partial charge in [-0.2, -0.15) is 12.1 Å². The Morgan fingerprint density at radius 3 is 0.887 bits per heavy atom. The number of halogens is 2. The summed E-state index contributed by atoms with van der Waals surface area (Å²) >= 11 is 1.74. The maximum atomic E-state index is 2.52. The molecule has 2 fully saturated rings. The van der Waals surface area contributed by atoms with Crippen molar-refractivity contribution >= 4 is 70.1 Å². The van der Waals surface area contributed by atoms with Crippen LogP contribution < -0.4 is 24.8 Å². The van der Waals surface area contributed by atoms with Gasteiger partial charge in [-0.15, -0.1) is 44.8 Å². The van der Waals surface area contributed by atoms with Crippen LogP contribution in [-0.2, 0) is 36.2 Å². The van der Waals surface area contributed by atoms with Crippen LogP contribution >= 0.6 is 0 Å². The molecule has 80 heavy (non-hydrogen) atoms. The summed E-state index contributed by atoms with van der Waals surface area (Å²) in [5.74, 6) is 1.64. The van der Waals surface area contributed by atoms with Crippen LogP contribution in [-0.4, -0.2) is 5.43 Å². The molecular formula is C76H72Cl2SiZr-2. The van der Waals surface area contributed by atoms with E-state index in [1.165, 1.54) is 210 Å². The van der Waals surface area contributed by atoms with Crippen LogP contribution in [0.2, 0.25) is 13.1 Å². The second-order valence-corrected chi connectivity index (χ2v) is 32.3. The molecular weight excluding hydrogens is 1100 g/mol. The van der Waals surface area contributed by atoms with Crippen LogP contribution in [0.15, 0.2) is 218 Å². The molecule has 0 aliphatic heterocycles. The van der Waals surface area contributed by atoms with Gasteiger partial charge in [0, 0.05) is 0 Å². The molecule has 14 rings (SSSR count). The van der Waals surface area contributed by atoms with Crippen molar-refractivity contribution in [2.75, 3.05) is 0 Å². The Kier molecular flexibility index (Phi) is 19.2. The van der Waals surface area contributed by atoms with Crippen LogP contribution in [0.25, 0.3) is 109 Å². The van der Waals surface area contributed by atoms with Crippen molar-refractivity contribution in [2.24, 2.45) is 11.8 Å². The SMILES string of the molecule is C[Si](C)=[Zr+2].[Cl-].[Cl-].c1ccc2c(-c3ccc(-c4cccc5ccccc45)c4[cH-]c(CC5CCCCCC5)cc34)cccc2c1.c1ccc2c(-c3ccc(-c4cccc5ccccc45)c4[cH-]c(CC5CCCCCC5)cc34)cccc2c1. The van der Waals surface area contributed by atoms with E-state index < -0.39 is 0 Å². The van der Waals surface area contributed by atoms with Gasteiger partial charge in [-0.05, 0) is 78.9 Å². The molecule has 0 heterocycles. The summed E-state index contributed by atoms with van der Waals surface area (Å²) in [5.41, 5.74) is 14.0. The van der Waals surface area contributed by atoms with Crippen LogP contribution in [0.4, 0.5) is 0 Å². The van der Waals surface area contributed by atoms with Gasteiger partial charge in [0.1, 0.15) is 0 Å². The van der Waals surface area contributed by atoms with Crippen molar-refractivity contribution < 1.29 is 48.1 Å².